The SMILES string of the molecule is CN(C)C(=O)c1cc(N(C)C)c2c(c1O)C(O)=C1C(=O)[C@]3(O)C(=N)C(C(N)=O)=C(O)C[C@@H]3C[C@@H]1C2. The summed E-state index contributed by atoms with van der Waals surface area (Å²) in [5.74, 6) is -5.71. The highest BCUT2D eigenvalue weighted by Crippen LogP contribution is 2.53. The van der Waals surface area contributed by atoms with Gasteiger partial charge in [0.1, 0.15) is 22.8 Å². The molecule has 0 saturated heterocycles. The van der Waals surface area contributed by atoms with Crippen molar-refractivity contribution in [2.24, 2.45) is 17.6 Å². The average molecular weight is 485 g/mol. The van der Waals surface area contributed by atoms with Gasteiger partial charge >= 0.3 is 0 Å². The topological polar surface area (TPSA) is 188 Å². The molecule has 0 heterocycles. The molecule has 0 aliphatic heterocycles. The molecule has 3 aliphatic carbocycles. The van der Waals surface area contributed by atoms with E-state index in [4.69, 9.17) is 11.1 Å². The molecule has 0 bridgehead atoms. The molecule has 2 amide bonds. The number of phenols is 1. The molecule has 11 heteroatoms. The molecular formula is C24H28N4O7. The summed E-state index contributed by atoms with van der Waals surface area (Å²) < 4.78 is 0. The Labute approximate surface area is 201 Å². The van der Waals surface area contributed by atoms with Crippen molar-refractivity contribution in [3.05, 3.63) is 39.7 Å². The first-order chi connectivity index (χ1) is 16.2. The van der Waals surface area contributed by atoms with Crippen LogP contribution in [0.4, 0.5) is 5.69 Å². The minimum atomic E-state index is -2.48. The highest BCUT2D eigenvalue weighted by Gasteiger charge is 2.59. The summed E-state index contributed by atoms with van der Waals surface area (Å²) in [6, 6.07) is 1.53. The van der Waals surface area contributed by atoms with Gasteiger partial charge in [0.05, 0.1) is 16.8 Å². The average Bonchev–Trinajstić information content (AvgIpc) is 2.75. The van der Waals surface area contributed by atoms with Crippen molar-refractivity contribution in [1.29, 1.82) is 5.41 Å². The number of nitrogens with zero attached hydrogens (tertiary/aromatic N) is 2. The number of Topliss-reactive ketones (excluding diaryl/α,β-unsaturated/α-hetero) is 1. The van der Waals surface area contributed by atoms with E-state index in [2.05, 4.69) is 0 Å². The quantitative estimate of drug-likeness (QED) is 0.360. The van der Waals surface area contributed by atoms with Crippen LogP contribution in [0.5, 0.6) is 5.75 Å². The van der Waals surface area contributed by atoms with Crippen LogP contribution in [-0.4, -0.2) is 82.4 Å². The Kier molecular flexibility index (Phi) is 5.44. The second-order valence-corrected chi connectivity index (χ2v) is 9.70. The molecule has 4 rings (SSSR count). The molecule has 0 spiro atoms. The van der Waals surface area contributed by atoms with Gasteiger partial charge in [0.15, 0.2) is 5.60 Å². The van der Waals surface area contributed by atoms with E-state index < -0.39 is 63.6 Å². The van der Waals surface area contributed by atoms with E-state index in [0.717, 1.165) is 0 Å². The Morgan fingerprint density at radius 3 is 2.31 bits per heavy atom. The maximum atomic E-state index is 13.6. The molecule has 1 saturated carbocycles. The van der Waals surface area contributed by atoms with Gasteiger partial charge < -0.3 is 41.4 Å². The van der Waals surface area contributed by atoms with Crippen LogP contribution in [0, 0.1) is 17.2 Å². The first-order valence-corrected chi connectivity index (χ1v) is 11.0. The number of aromatic hydroxyl groups is 1. The van der Waals surface area contributed by atoms with Crippen LogP contribution in [0.1, 0.15) is 34.3 Å². The number of hydrogen-bond donors (Lipinski definition) is 6. The smallest absolute Gasteiger partial charge is 0.257 e. The minimum absolute atomic E-state index is 0.0721. The molecule has 1 aromatic rings. The number of primary amides is 1. The first-order valence-electron chi connectivity index (χ1n) is 11.0. The molecule has 3 atom stereocenters. The van der Waals surface area contributed by atoms with E-state index in [9.17, 15) is 34.8 Å². The zero-order valence-corrected chi connectivity index (χ0v) is 19.8. The molecule has 1 fully saturated rings. The van der Waals surface area contributed by atoms with E-state index in [1.54, 1.807) is 19.0 Å². The number of aliphatic hydroxyl groups excluding tert-OH is 2. The lowest BCUT2D eigenvalue weighted by Crippen LogP contribution is -2.61. The van der Waals surface area contributed by atoms with Crippen molar-refractivity contribution in [3.63, 3.8) is 0 Å². The maximum Gasteiger partial charge on any atom is 0.257 e. The summed E-state index contributed by atoms with van der Waals surface area (Å²) >= 11 is 0. The third kappa shape index (κ3) is 3.22. The van der Waals surface area contributed by atoms with Crippen molar-refractivity contribution in [2.45, 2.75) is 24.9 Å². The number of amides is 2. The van der Waals surface area contributed by atoms with Gasteiger partial charge in [-0.05, 0) is 30.4 Å². The van der Waals surface area contributed by atoms with Crippen LogP contribution in [0.3, 0.4) is 0 Å². The van der Waals surface area contributed by atoms with Gasteiger partial charge in [0.2, 0.25) is 5.78 Å². The number of hydrogen-bond acceptors (Lipinski definition) is 9. The number of rotatable bonds is 3. The van der Waals surface area contributed by atoms with Gasteiger partial charge in [-0.25, -0.2) is 0 Å². The zero-order valence-electron chi connectivity index (χ0n) is 19.8. The maximum absolute atomic E-state index is 13.6. The van der Waals surface area contributed by atoms with Gasteiger partial charge in [-0.1, -0.05) is 0 Å². The highest BCUT2D eigenvalue weighted by atomic mass is 16.3. The number of nitrogens with two attached hydrogens (primary N) is 1. The number of fused-ring (bicyclic) bond motifs is 3. The van der Waals surface area contributed by atoms with Gasteiger partial charge in [-0.15, -0.1) is 0 Å². The molecule has 11 nitrogen and oxygen atoms in total. The lowest BCUT2D eigenvalue weighted by molar-refractivity contribution is -0.136. The van der Waals surface area contributed by atoms with E-state index in [0.29, 0.717) is 11.3 Å². The predicted molar refractivity (Wildman–Crippen MR) is 126 cm³/mol. The Morgan fingerprint density at radius 2 is 1.77 bits per heavy atom. The summed E-state index contributed by atoms with van der Waals surface area (Å²) in [5, 5.41) is 52.4. The van der Waals surface area contributed by atoms with E-state index in [1.165, 1.54) is 25.1 Å². The molecule has 35 heavy (non-hydrogen) atoms. The third-order valence-corrected chi connectivity index (χ3v) is 7.21. The monoisotopic (exact) mass is 484 g/mol. The van der Waals surface area contributed by atoms with Crippen LogP contribution < -0.4 is 10.6 Å². The van der Waals surface area contributed by atoms with E-state index in [-0.39, 0.29) is 36.0 Å². The Morgan fingerprint density at radius 1 is 1.14 bits per heavy atom. The molecule has 186 valence electrons. The predicted octanol–water partition coefficient (Wildman–Crippen LogP) is 0.642. The number of nitrogens with one attached hydrogen (secondary N) is 1. The van der Waals surface area contributed by atoms with Crippen LogP contribution >= 0.6 is 0 Å². The van der Waals surface area contributed by atoms with Crippen LogP contribution in [0.15, 0.2) is 23.0 Å². The number of benzene rings is 1. The van der Waals surface area contributed by atoms with Crippen molar-refractivity contribution < 1.29 is 34.8 Å². The standard InChI is InChI=1S/C24H28N4O7/c1-27(2)13-8-12(23(34)28(3)4)18(30)16-11(13)6-9-5-10-7-14(29)17(22(26)33)20(25)24(10,35)21(32)15(9)19(16)31/h8-10,25,29-31,35H,5-7H2,1-4H3,(H2,26,33)/t9-,10+,24-/m1/s1. The fourth-order valence-electron chi connectivity index (χ4n) is 5.52. The van der Waals surface area contributed by atoms with Crippen LogP contribution in [-0.2, 0) is 16.0 Å². The summed E-state index contributed by atoms with van der Waals surface area (Å²) in [6.45, 7) is 0. The van der Waals surface area contributed by atoms with Gasteiger partial charge in [-0.2, -0.15) is 0 Å². The van der Waals surface area contributed by atoms with Crippen LogP contribution in [0.2, 0.25) is 0 Å². The molecule has 0 unspecified atom stereocenters. The summed E-state index contributed by atoms with van der Waals surface area (Å²) in [6.07, 6.45) is 0.0823. The summed E-state index contributed by atoms with van der Waals surface area (Å²) in [7, 11) is 6.51. The van der Waals surface area contributed by atoms with E-state index >= 15 is 0 Å². The summed E-state index contributed by atoms with van der Waals surface area (Å²) in [4.78, 5) is 41.2. The van der Waals surface area contributed by atoms with Crippen LogP contribution in [0.25, 0.3) is 5.76 Å². The van der Waals surface area contributed by atoms with Gasteiger partial charge in [-0.3, -0.25) is 14.4 Å². The number of ketones is 1. The summed E-state index contributed by atoms with van der Waals surface area (Å²) in [5.41, 5.74) is 2.10. The molecule has 0 aromatic heterocycles. The van der Waals surface area contributed by atoms with Crippen molar-refractivity contribution in [2.75, 3.05) is 33.1 Å². The number of phenolic OH excluding ortho intramolecular Hbond substituents is 1. The number of carbonyl (C=O) groups is 3. The van der Waals surface area contributed by atoms with Crippen molar-refractivity contribution >= 4 is 34.8 Å². The normalized spacial score (nSPS) is 25.6. The second kappa shape index (κ2) is 7.84. The van der Waals surface area contributed by atoms with Gasteiger partial charge in [0, 0.05) is 51.8 Å². The molecular weight excluding hydrogens is 456 g/mol. The highest BCUT2D eigenvalue weighted by molar-refractivity contribution is 6.33. The molecule has 3 aliphatic rings. The number of allylic oxidation sites excluding steroid dienone is 1. The second-order valence-electron chi connectivity index (χ2n) is 9.70. The lowest BCUT2D eigenvalue weighted by atomic mass is 9.58. The van der Waals surface area contributed by atoms with Crippen molar-refractivity contribution in [1.82, 2.24) is 4.90 Å². The molecule has 1 aromatic carbocycles. The molecule has 0 radical (unpaired) electrons. The fourth-order valence-corrected chi connectivity index (χ4v) is 5.52. The zero-order chi connectivity index (χ0) is 26.1. The number of aliphatic hydroxyl groups is 3. The van der Waals surface area contributed by atoms with Crippen molar-refractivity contribution in [3.8, 4) is 5.75 Å². The Balaban J connectivity index is 1.96. The largest absolute Gasteiger partial charge is 0.511 e. The lowest BCUT2D eigenvalue weighted by Gasteiger charge is -2.47. The minimum Gasteiger partial charge on any atom is -0.511 e. The first kappa shape index (κ1) is 24.3. The number of anilines is 1. The fraction of sp³-hybridized carbons (Fsp3) is 0.417. The molecule has 7 N–H and O–H groups in total. The Bertz CT molecular complexity index is 1280. The van der Waals surface area contributed by atoms with E-state index in [1.807, 2.05) is 0 Å². The Hall–Kier alpha value is -3.86. The third-order valence-electron chi connectivity index (χ3n) is 7.21. The van der Waals surface area contributed by atoms with Gasteiger partial charge in [0.25, 0.3) is 11.8 Å². The number of carbonyl (C=O) groups excluding carboxylic acids is 3.